The van der Waals surface area contributed by atoms with E-state index in [-0.39, 0.29) is 42.6 Å². The molecule has 0 atom stereocenters. The number of rotatable bonds is 0. The molecule has 0 radical (unpaired) electrons. The second-order valence-electron chi connectivity index (χ2n) is 0. The van der Waals surface area contributed by atoms with Gasteiger partial charge in [-0.25, -0.2) is 0 Å². The van der Waals surface area contributed by atoms with Crippen LogP contribution in [0.1, 0.15) is 6.92 Å². The molecule has 4 heteroatoms. The fourth-order valence-corrected chi connectivity index (χ4v) is 0. The van der Waals surface area contributed by atoms with Crippen LogP contribution in [0, 0.1) is 6.92 Å². The van der Waals surface area contributed by atoms with Crippen LogP contribution in [0.25, 0.3) is 0 Å². The van der Waals surface area contributed by atoms with E-state index in [1.165, 1.54) is 0 Å². The van der Waals surface area contributed by atoms with E-state index in [4.69, 9.17) is 0 Å². The Labute approximate surface area is 56.8 Å². The minimum Gasteiger partial charge on any atom is -0.870 e. The van der Waals surface area contributed by atoms with E-state index in [0.717, 1.165) is 0 Å². The first kappa shape index (κ1) is 72.3. The molecule has 0 fully saturated rings. The van der Waals surface area contributed by atoms with Crippen molar-refractivity contribution < 1.29 is 42.6 Å². The van der Waals surface area contributed by atoms with Crippen molar-refractivity contribution in [3.8, 4) is 0 Å². The van der Waals surface area contributed by atoms with E-state index >= 15 is 0 Å². The van der Waals surface area contributed by atoms with Gasteiger partial charge >= 0.3 is 26.2 Å². The molecule has 0 bridgehead atoms. The Morgan fingerprint density at radius 3 is 0.833 bits per heavy atom. The van der Waals surface area contributed by atoms with Crippen LogP contribution in [0.2, 0.25) is 0 Å². The fourth-order valence-electron chi connectivity index (χ4n) is 0. The molecule has 0 aromatic rings. The molecule has 0 spiro atoms. The monoisotopic (exact) mass is 170 g/mol. The van der Waals surface area contributed by atoms with Gasteiger partial charge in [0.1, 0.15) is 0 Å². The summed E-state index contributed by atoms with van der Waals surface area (Å²) in [6, 6.07) is 0. The molecular weight excluding hydrogens is 163 g/mol. The minimum absolute atomic E-state index is 0. The van der Waals surface area contributed by atoms with Gasteiger partial charge in [0.05, 0.1) is 0 Å². The summed E-state index contributed by atoms with van der Waals surface area (Å²) in [6.45, 7) is 5.00. The molecular formula is C2H8O3Zr. The average molecular weight is 171 g/mol. The summed E-state index contributed by atoms with van der Waals surface area (Å²) < 4.78 is 0. The quantitative estimate of drug-likeness (QED) is 0.491. The van der Waals surface area contributed by atoms with Crippen LogP contribution in [-0.4, -0.2) is 16.4 Å². The van der Waals surface area contributed by atoms with Crippen LogP contribution < -0.4 is 0 Å². The third-order valence-corrected chi connectivity index (χ3v) is 0. The molecule has 0 unspecified atom stereocenters. The fraction of sp³-hybridized carbons (Fsp3) is 0.500. The maximum absolute atomic E-state index is 3.25. The molecule has 0 saturated heterocycles. The first-order valence-electron chi connectivity index (χ1n) is 0.707. The second kappa shape index (κ2) is 225. The van der Waals surface area contributed by atoms with Gasteiger partial charge in [-0.2, -0.15) is 6.92 Å². The summed E-state index contributed by atoms with van der Waals surface area (Å²) in [5.74, 6) is 0. The van der Waals surface area contributed by atoms with Gasteiger partial charge in [0.25, 0.3) is 0 Å². The van der Waals surface area contributed by atoms with E-state index in [1.54, 1.807) is 6.92 Å². The van der Waals surface area contributed by atoms with Crippen molar-refractivity contribution in [1.82, 2.24) is 0 Å². The Kier molecular flexibility index (Phi) is 2700. The van der Waals surface area contributed by atoms with E-state index in [1.807, 2.05) is 0 Å². The Hall–Kier alpha value is 0.763. The molecule has 3 nitrogen and oxygen atoms in total. The second-order valence-corrected chi connectivity index (χ2v) is 0. The summed E-state index contributed by atoms with van der Waals surface area (Å²) in [7, 11) is 0. The third kappa shape index (κ3) is 116. The zero-order valence-electron chi connectivity index (χ0n) is 3.55. The van der Waals surface area contributed by atoms with Crippen molar-refractivity contribution >= 4 is 0 Å². The van der Waals surface area contributed by atoms with Gasteiger partial charge < -0.3 is 23.4 Å². The minimum atomic E-state index is 0. The van der Waals surface area contributed by atoms with Crippen LogP contribution >= 0.6 is 0 Å². The van der Waals surface area contributed by atoms with E-state index in [2.05, 4.69) is 6.92 Å². The summed E-state index contributed by atoms with van der Waals surface area (Å²) in [6.07, 6.45) is 0. The summed E-state index contributed by atoms with van der Waals surface area (Å²) in [5, 5.41) is 0. The molecule has 0 amide bonds. The zero-order chi connectivity index (χ0) is 2.00. The Morgan fingerprint density at radius 2 is 0.833 bits per heavy atom. The molecule has 0 heterocycles. The van der Waals surface area contributed by atoms with Gasteiger partial charge in [-0.3, -0.25) is 0 Å². The largest absolute Gasteiger partial charge is 4.00 e. The summed E-state index contributed by atoms with van der Waals surface area (Å²) >= 11 is 0. The van der Waals surface area contributed by atoms with E-state index in [0.29, 0.717) is 0 Å². The first-order chi connectivity index (χ1) is 1.00. The SMILES string of the molecule is [CH2-]C.[OH-].[OH-].[OH-].[Zr+4]. The van der Waals surface area contributed by atoms with Gasteiger partial charge in [0.15, 0.2) is 0 Å². The molecule has 0 rings (SSSR count). The summed E-state index contributed by atoms with van der Waals surface area (Å²) in [5.41, 5.74) is 0. The van der Waals surface area contributed by atoms with E-state index < -0.39 is 0 Å². The molecule has 6 heavy (non-hydrogen) atoms. The van der Waals surface area contributed by atoms with Crippen molar-refractivity contribution in [3.63, 3.8) is 0 Å². The maximum atomic E-state index is 3.25. The Balaban J connectivity index is -0.000000000833. The van der Waals surface area contributed by atoms with Crippen LogP contribution in [0.15, 0.2) is 0 Å². The molecule has 0 aromatic heterocycles. The molecule has 0 aromatic carbocycles. The average Bonchev–Trinajstić information content (AvgIpc) is 1.00. The van der Waals surface area contributed by atoms with Crippen LogP contribution in [0.3, 0.4) is 0 Å². The van der Waals surface area contributed by atoms with Crippen LogP contribution in [0.5, 0.6) is 0 Å². The predicted octanol–water partition coefficient (Wildman–Crippen LogP) is 0.307. The van der Waals surface area contributed by atoms with Crippen molar-refractivity contribution in [2.24, 2.45) is 0 Å². The van der Waals surface area contributed by atoms with Gasteiger partial charge in [-0.1, -0.05) is 0 Å². The van der Waals surface area contributed by atoms with Crippen molar-refractivity contribution in [3.05, 3.63) is 6.92 Å². The topological polar surface area (TPSA) is 90.0 Å². The summed E-state index contributed by atoms with van der Waals surface area (Å²) in [4.78, 5) is 0. The van der Waals surface area contributed by atoms with Gasteiger partial charge in [0, 0.05) is 0 Å². The molecule has 0 saturated carbocycles. The van der Waals surface area contributed by atoms with Crippen LogP contribution in [0.4, 0.5) is 0 Å². The Bertz CT molecular complexity index is 8.75. The zero-order valence-corrected chi connectivity index (χ0v) is 6.01. The first-order valence-corrected chi connectivity index (χ1v) is 0.707. The van der Waals surface area contributed by atoms with Gasteiger partial charge in [0.2, 0.25) is 0 Å². The number of hydrogen-bond donors (Lipinski definition) is 0. The van der Waals surface area contributed by atoms with Crippen LogP contribution in [-0.2, 0) is 26.2 Å². The standard InChI is InChI=1S/C2H5.3H2O.Zr/c1-2;;;;/h1H2,2H3;3*1H2;/q-1;;;;+4/p-3. The third-order valence-electron chi connectivity index (χ3n) is 0. The molecule has 0 aliphatic heterocycles. The van der Waals surface area contributed by atoms with Gasteiger partial charge in [-0.15, -0.1) is 0 Å². The maximum Gasteiger partial charge on any atom is 4.00 e. The molecule has 3 N–H and O–H groups in total. The Morgan fingerprint density at radius 1 is 0.833 bits per heavy atom. The van der Waals surface area contributed by atoms with Crippen molar-refractivity contribution in [1.29, 1.82) is 0 Å². The van der Waals surface area contributed by atoms with Crippen molar-refractivity contribution in [2.45, 2.75) is 6.92 Å². The molecule has 38 valence electrons. The smallest absolute Gasteiger partial charge is 0.870 e. The predicted molar refractivity (Wildman–Crippen MR) is 16.8 cm³/mol. The normalized spacial score (nSPS) is 1.00. The van der Waals surface area contributed by atoms with E-state index in [9.17, 15) is 0 Å². The van der Waals surface area contributed by atoms with Crippen molar-refractivity contribution in [2.75, 3.05) is 0 Å². The molecule has 0 aliphatic rings. The van der Waals surface area contributed by atoms with Gasteiger partial charge in [-0.05, 0) is 0 Å². The number of hydrogen-bond acceptors (Lipinski definition) is 3. The molecule has 0 aliphatic carbocycles.